The molecule has 5 heavy (non-hydrogen) atoms. The van der Waals surface area contributed by atoms with Crippen LogP contribution in [0.25, 0.3) is 0 Å². The first kappa shape index (κ1) is 38.4. The minimum atomic E-state index is 0. The molecule has 0 heterocycles. The van der Waals surface area contributed by atoms with Gasteiger partial charge in [0.2, 0.25) is 0 Å². The summed E-state index contributed by atoms with van der Waals surface area (Å²) in [5.41, 5.74) is 0. The third-order valence-electron chi connectivity index (χ3n) is 0. The molecule has 0 aromatic carbocycles. The van der Waals surface area contributed by atoms with Gasteiger partial charge in [0, 0.05) is 110 Å². The zero-order chi connectivity index (χ0) is 0. The maximum Gasteiger partial charge on any atom is 0 e. The largest absolute Gasteiger partial charge is 0 e. The summed E-state index contributed by atoms with van der Waals surface area (Å²) in [6, 6.07) is 0. The van der Waals surface area contributed by atoms with Crippen LogP contribution >= 0.6 is 0 Å². The molecule has 0 unspecified atom stereocenters. The summed E-state index contributed by atoms with van der Waals surface area (Å²) in [5.74, 6) is 0. The molecule has 0 saturated carbocycles. The van der Waals surface area contributed by atoms with Crippen LogP contribution in [0, 0.1) is 0 Å². The summed E-state index contributed by atoms with van der Waals surface area (Å²) in [6.45, 7) is 0. The summed E-state index contributed by atoms with van der Waals surface area (Å²) in [5, 5.41) is 0. The molecule has 0 aliphatic carbocycles. The molecule has 0 saturated heterocycles. The molecular weight excluding hydrogens is 350 g/mol. The van der Waals surface area contributed by atoms with Crippen LogP contribution in [-0.2, 0) is 19.5 Å². The Morgan fingerprint density at radius 1 is 1.00 bits per heavy atom. The summed E-state index contributed by atoms with van der Waals surface area (Å²) >= 11 is 0. The topological polar surface area (TPSA) is 0 Å². The van der Waals surface area contributed by atoms with Crippen molar-refractivity contribution in [2.24, 2.45) is 0 Å². The Bertz CT molecular complexity index is 11.6. The number of rotatable bonds is 0. The van der Waals surface area contributed by atoms with E-state index in [0.717, 1.165) is 0 Å². The van der Waals surface area contributed by atoms with Gasteiger partial charge in [0.15, 0.2) is 0 Å². The van der Waals surface area contributed by atoms with Crippen LogP contribution in [0.1, 0.15) is 0 Å². The first-order valence-corrected chi connectivity index (χ1v) is 0. The van der Waals surface area contributed by atoms with Crippen molar-refractivity contribution in [1.29, 1.82) is 0 Å². The van der Waals surface area contributed by atoms with Gasteiger partial charge in [-0.05, 0) is 0 Å². The Labute approximate surface area is 107 Å². The molecule has 5 heteroatoms. The van der Waals surface area contributed by atoms with Crippen molar-refractivity contribution in [3.63, 3.8) is 0 Å². The van der Waals surface area contributed by atoms with E-state index in [9.17, 15) is 0 Å². The predicted molar refractivity (Wildman–Crippen MR) is 23.0 cm³/mol. The average Bonchev–Trinajstić information content (AvgIpc) is 0. The van der Waals surface area contributed by atoms with Gasteiger partial charge < -0.3 is 0 Å². The van der Waals surface area contributed by atoms with Gasteiger partial charge in [-0.25, -0.2) is 0 Å². The first-order valence-electron chi connectivity index (χ1n) is 0. The van der Waals surface area contributed by atoms with Crippen molar-refractivity contribution >= 4 is 90.2 Å². The van der Waals surface area contributed by atoms with E-state index in [1.807, 2.05) is 0 Å². The molecular formula is AlInMgSnZn. The fraction of sp³-hybridized carbons (Fsp3) is 0. The van der Waals surface area contributed by atoms with Crippen LogP contribution in [0.2, 0.25) is 0 Å². The van der Waals surface area contributed by atoms with Gasteiger partial charge in [0.05, 0.1) is 0 Å². The monoisotopic (exact) mass is 350 g/mol. The standard InChI is InChI=1S/Al.In.Mg.Sn.Zn. The molecule has 0 N–H and O–H groups in total. The third kappa shape index (κ3) is 18.4. The Morgan fingerprint density at radius 2 is 1.00 bits per heavy atom. The van der Waals surface area contributed by atoms with E-state index in [-0.39, 0.29) is 110 Å². The summed E-state index contributed by atoms with van der Waals surface area (Å²) in [7, 11) is 0. The summed E-state index contributed by atoms with van der Waals surface area (Å²) in [4.78, 5) is 0. The molecule has 0 aromatic heterocycles. The van der Waals surface area contributed by atoms with Crippen molar-refractivity contribution in [2.75, 3.05) is 0 Å². The molecule has 0 bridgehead atoms. The van der Waals surface area contributed by atoms with E-state index in [4.69, 9.17) is 0 Å². The van der Waals surface area contributed by atoms with Gasteiger partial charge in [-0.2, -0.15) is 0 Å². The summed E-state index contributed by atoms with van der Waals surface area (Å²) < 4.78 is 0. The van der Waals surface area contributed by atoms with Crippen LogP contribution in [0.5, 0.6) is 0 Å². The molecule has 0 fully saturated rings. The van der Waals surface area contributed by atoms with Gasteiger partial charge >= 0.3 is 0 Å². The predicted octanol–water partition coefficient (Wildman–Crippen LogP) is -1.53. The second-order valence-corrected chi connectivity index (χ2v) is 0. The number of hydrogen-bond acceptors (Lipinski definition) is 0. The maximum absolute atomic E-state index is 0. The molecule has 0 spiro atoms. The zero-order valence-electron chi connectivity index (χ0n) is 3.07. The van der Waals surface area contributed by atoms with E-state index in [2.05, 4.69) is 0 Å². The molecule has 0 nitrogen and oxygen atoms in total. The quantitative estimate of drug-likeness (QED) is 0.466. The number of hydrogen-bond donors (Lipinski definition) is 0. The SMILES string of the molecule is [Al].[In].[Mg].[Sn].[Zn]. The molecule has 0 aromatic rings. The Hall–Kier alpha value is 3.59. The Morgan fingerprint density at radius 3 is 1.00 bits per heavy atom. The van der Waals surface area contributed by atoms with Crippen molar-refractivity contribution in [1.82, 2.24) is 0 Å². The van der Waals surface area contributed by atoms with Gasteiger partial charge in [0.25, 0.3) is 0 Å². The molecule has 0 rings (SSSR count). The van der Waals surface area contributed by atoms with E-state index in [1.54, 1.807) is 0 Å². The second kappa shape index (κ2) is 25.6. The van der Waals surface area contributed by atoms with Crippen LogP contribution in [0.15, 0.2) is 0 Å². The normalized spacial score (nSPS) is 0. The van der Waals surface area contributed by atoms with Crippen molar-refractivity contribution in [3.05, 3.63) is 0 Å². The molecule has 0 amide bonds. The minimum Gasteiger partial charge on any atom is 0 e. The second-order valence-electron chi connectivity index (χ2n) is 0. The van der Waals surface area contributed by atoms with Gasteiger partial charge in [0.1, 0.15) is 0 Å². The third-order valence-corrected chi connectivity index (χ3v) is 0. The molecule has 0 atom stereocenters. The van der Waals surface area contributed by atoms with E-state index >= 15 is 0 Å². The van der Waals surface area contributed by atoms with E-state index < -0.39 is 0 Å². The van der Waals surface area contributed by atoms with Crippen LogP contribution < -0.4 is 0 Å². The first-order chi connectivity index (χ1) is 0. The zero-order valence-corrected chi connectivity index (χ0v) is 14.8. The van der Waals surface area contributed by atoms with Crippen molar-refractivity contribution < 1.29 is 19.5 Å². The summed E-state index contributed by atoms with van der Waals surface area (Å²) in [6.07, 6.45) is 0. The van der Waals surface area contributed by atoms with Crippen LogP contribution in [0.4, 0.5) is 0 Å². The maximum atomic E-state index is 0. The smallest absolute Gasteiger partial charge is 0 e. The van der Waals surface area contributed by atoms with Gasteiger partial charge in [-0.1, -0.05) is 0 Å². The van der Waals surface area contributed by atoms with Crippen LogP contribution in [-0.4, -0.2) is 90.2 Å². The molecule has 0 aliphatic rings. The van der Waals surface area contributed by atoms with Gasteiger partial charge in [-0.15, -0.1) is 0 Å². The Kier molecular flexibility index (Phi) is 196. The van der Waals surface area contributed by atoms with Gasteiger partial charge in [-0.3, -0.25) is 0 Å². The van der Waals surface area contributed by atoms with Crippen LogP contribution in [0.3, 0.4) is 0 Å². The average molecular weight is 350 g/mol. The molecule has 0 aliphatic heterocycles. The van der Waals surface area contributed by atoms with E-state index in [1.165, 1.54) is 0 Å². The fourth-order valence-corrected chi connectivity index (χ4v) is 0. The van der Waals surface area contributed by atoms with E-state index in [0.29, 0.717) is 0 Å². The Balaban J connectivity index is 0. The fourth-order valence-electron chi connectivity index (χ4n) is 0. The van der Waals surface area contributed by atoms with Crippen molar-refractivity contribution in [3.8, 4) is 0 Å². The van der Waals surface area contributed by atoms with Crippen molar-refractivity contribution in [2.45, 2.75) is 0 Å². The minimum absolute atomic E-state index is 0. The molecule has 12 radical (unpaired) electrons. The molecule has 14 valence electrons.